The van der Waals surface area contributed by atoms with Crippen molar-refractivity contribution in [2.24, 2.45) is 0 Å². The van der Waals surface area contributed by atoms with Crippen LogP contribution in [0.25, 0.3) is 0 Å². The first-order chi connectivity index (χ1) is 11.0. The Bertz CT molecular complexity index is 577. The van der Waals surface area contributed by atoms with Crippen LogP contribution < -0.4 is 20.1 Å². The molecule has 2 rings (SSSR count). The van der Waals surface area contributed by atoms with E-state index in [1.807, 2.05) is 32.0 Å². The van der Waals surface area contributed by atoms with Crippen LogP contribution >= 0.6 is 11.8 Å². The van der Waals surface area contributed by atoms with Gasteiger partial charge in [-0.3, -0.25) is 10.1 Å². The zero-order valence-corrected chi connectivity index (χ0v) is 14.4. The maximum Gasteiger partial charge on any atom is 0.321 e. The molecule has 7 heteroatoms. The van der Waals surface area contributed by atoms with Crippen molar-refractivity contribution in [1.29, 1.82) is 0 Å². The predicted molar refractivity (Wildman–Crippen MR) is 89.2 cm³/mol. The van der Waals surface area contributed by atoms with Crippen LogP contribution in [-0.2, 0) is 4.79 Å². The number of nitrogens with one attached hydrogen (secondary N) is 2. The number of urea groups is 1. The minimum absolute atomic E-state index is 0.0208. The van der Waals surface area contributed by atoms with Crippen molar-refractivity contribution in [1.82, 2.24) is 10.6 Å². The van der Waals surface area contributed by atoms with Gasteiger partial charge in [0.25, 0.3) is 0 Å². The third kappa shape index (κ3) is 5.35. The van der Waals surface area contributed by atoms with Gasteiger partial charge in [0.15, 0.2) is 11.5 Å². The van der Waals surface area contributed by atoms with Gasteiger partial charge in [-0.15, -0.1) is 11.8 Å². The number of ether oxygens (including phenoxy) is 2. The van der Waals surface area contributed by atoms with E-state index in [0.717, 1.165) is 17.1 Å². The monoisotopic (exact) mass is 338 g/mol. The van der Waals surface area contributed by atoms with E-state index in [0.29, 0.717) is 19.0 Å². The zero-order chi connectivity index (χ0) is 16.8. The number of carbonyl (C=O) groups is 2. The predicted octanol–water partition coefficient (Wildman–Crippen LogP) is 2.56. The summed E-state index contributed by atoms with van der Waals surface area (Å²) in [6.45, 7) is 6.68. The van der Waals surface area contributed by atoms with Crippen LogP contribution in [-0.4, -0.2) is 36.4 Å². The molecule has 6 nitrogen and oxygen atoms in total. The average Bonchev–Trinajstić information content (AvgIpc) is 2.70. The van der Waals surface area contributed by atoms with Gasteiger partial charge in [0.2, 0.25) is 5.91 Å². The Morgan fingerprint density at radius 2 is 1.83 bits per heavy atom. The standard InChI is InChI=1S/C16H22N2O4S/c1-10(2)17-16(20)18-15(19)11(3)23-12-5-6-13-14(9-12)22-8-4-7-21-13/h5-6,9-11H,4,7-8H2,1-3H3,(H2,17,18,19,20)/t11-/m0/s1. The van der Waals surface area contributed by atoms with Crippen LogP contribution in [0, 0.1) is 0 Å². The Kier molecular flexibility index (Phi) is 6.15. The fourth-order valence-corrected chi connectivity index (χ4v) is 2.88. The van der Waals surface area contributed by atoms with Crippen LogP contribution in [0.4, 0.5) is 4.79 Å². The Morgan fingerprint density at radius 1 is 1.13 bits per heavy atom. The Balaban J connectivity index is 1.94. The summed E-state index contributed by atoms with van der Waals surface area (Å²) in [5, 5.41) is 4.56. The Hall–Kier alpha value is -1.89. The molecule has 0 aromatic heterocycles. The van der Waals surface area contributed by atoms with Gasteiger partial charge in [-0.05, 0) is 39.0 Å². The number of rotatable bonds is 4. The Labute approximate surface area is 140 Å². The van der Waals surface area contributed by atoms with Gasteiger partial charge < -0.3 is 14.8 Å². The van der Waals surface area contributed by atoms with Crippen LogP contribution in [0.5, 0.6) is 11.5 Å². The van der Waals surface area contributed by atoms with Crippen molar-refractivity contribution in [3.8, 4) is 11.5 Å². The number of imide groups is 1. The van der Waals surface area contributed by atoms with E-state index in [2.05, 4.69) is 10.6 Å². The van der Waals surface area contributed by atoms with E-state index in [4.69, 9.17) is 9.47 Å². The van der Waals surface area contributed by atoms with Gasteiger partial charge in [-0.1, -0.05) is 0 Å². The molecule has 0 saturated carbocycles. The van der Waals surface area contributed by atoms with Gasteiger partial charge in [0.05, 0.1) is 18.5 Å². The zero-order valence-electron chi connectivity index (χ0n) is 13.5. The van der Waals surface area contributed by atoms with Crippen molar-refractivity contribution in [3.05, 3.63) is 18.2 Å². The second-order valence-corrected chi connectivity index (χ2v) is 6.95. The molecule has 2 N–H and O–H groups in total. The average molecular weight is 338 g/mol. The van der Waals surface area contributed by atoms with Gasteiger partial charge in [0.1, 0.15) is 0 Å². The summed E-state index contributed by atoms with van der Waals surface area (Å²) in [6, 6.07) is 5.10. The molecule has 1 aliphatic rings. The van der Waals surface area contributed by atoms with Gasteiger partial charge in [-0.25, -0.2) is 4.79 Å². The van der Waals surface area contributed by atoms with E-state index < -0.39 is 11.3 Å². The molecule has 1 aromatic carbocycles. The first-order valence-electron chi connectivity index (χ1n) is 7.63. The summed E-state index contributed by atoms with van der Waals surface area (Å²) in [6.07, 6.45) is 0.848. The number of fused-ring (bicyclic) bond motifs is 1. The molecular weight excluding hydrogens is 316 g/mol. The summed E-state index contributed by atoms with van der Waals surface area (Å²) in [4.78, 5) is 24.5. The molecule has 0 fully saturated rings. The largest absolute Gasteiger partial charge is 0.490 e. The van der Waals surface area contributed by atoms with Crippen molar-refractivity contribution >= 4 is 23.7 Å². The number of amides is 3. The van der Waals surface area contributed by atoms with Gasteiger partial charge >= 0.3 is 6.03 Å². The molecule has 0 bridgehead atoms. The van der Waals surface area contributed by atoms with Crippen LogP contribution in [0.2, 0.25) is 0 Å². The van der Waals surface area contributed by atoms with Crippen molar-refractivity contribution in [2.45, 2.75) is 43.4 Å². The van der Waals surface area contributed by atoms with Crippen LogP contribution in [0.1, 0.15) is 27.2 Å². The number of hydrogen-bond donors (Lipinski definition) is 2. The molecule has 0 saturated heterocycles. The summed E-state index contributed by atoms with van der Waals surface area (Å²) in [7, 11) is 0. The summed E-state index contributed by atoms with van der Waals surface area (Å²) in [5.41, 5.74) is 0. The summed E-state index contributed by atoms with van der Waals surface area (Å²) < 4.78 is 11.2. The van der Waals surface area contributed by atoms with E-state index in [1.54, 1.807) is 6.92 Å². The molecular formula is C16H22N2O4S. The molecule has 0 spiro atoms. The fraction of sp³-hybridized carbons (Fsp3) is 0.500. The van der Waals surface area contributed by atoms with Crippen molar-refractivity contribution < 1.29 is 19.1 Å². The molecule has 0 aliphatic carbocycles. The first-order valence-corrected chi connectivity index (χ1v) is 8.51. The molecule has 0 radical (unpaired) electrons. The molecule has 1 aromatic rings. The first kappa shape index (κ1) is 17.5. The lowest BCUT2D eigenvalue weighted by atomic mass is 10.3. The Morgan fingerprint density at radius 3 is 2.52 bits per heavy atom. The van der Waals surface area contributed by atoms with E-state index in [1.165, 1.54) is 11.8 Å². The van der Waals surface area contributed by atoms with Crippen molar-refractivity contribution in [3.63, 3.8) is 0 Å². The van der Waals surface area contributed by atoms with Crippen molar-refractivity contribution in [2.75, 3.05) is 13.2 Å². The highest BCUT2D eigenvalue weighted by Crippen LogP contribution is 2.35. The number of thioether (sulfide) groups is 1. The highest BCUT2D eigenvalue weighted by atomic mass is 32.2. The third-order valence-corrected chi connectivity index (χ3v) is 4.15. The molecule has 0 unspecified atom stereocenters. The van der Waals surface area contributed by atoms with E-state index in [-0.39, 0.29) is 11.9 Å². The SMILES string of the molecule is CC(C)NC(=O)NC(=O)[C@H](C)Sc1ccc2c(c1)OCCCO2. The third-order valence-electron chi connectivity index (χ3n) is 3.06. The minimum atomic E-state index is -0.476. The van der Waals surface area contributed by atoms with Crippen LogP contribution in [0.15, 0.2) is 23.1 Å². The highest BCUT2D eigenvalue weighted by molar-refractivity contribution is 8.00. The lowest BCUT2D eigenvalue weighted by Crippen LogP contribution is -2.45. The molecule has 23 heavy (non-hydrogen) atoms. The van der Waals surface area contributed by atoms with Gasteiger partial charge in [-0.2, -0.15) is 0 Å². The molecule has 1 atom stereocenters. The topological polar surface area (TPSA) is 76.7 Å². The highest BCUT2D eigenvalue weighted by Gasteiger charge is 2.19. The normalized spacial score (nSPS) is 14.8. The summed E-state index contributed by atoms with van der Waals surface area (Å²) >= 11 is 1.36. The maximum atomic E-state index is 12.0. The molecule has 1 aliphatic heterocycles. The number of hydrogen-bond acceptors (Lipinski definition) is 5. The lowest BCUT2D eigenvalue weighted by Gasteiger charge is -2.14. The lowest BCUT2D eigenvalue weighted by molar-refractivity contribution is -0.119. The summed E-state index contributed by atoms with van der Waals surface area (Å²) in [5.74, 6) is 1.08. The molecule has 126 valence electrons. The van der Waals surface area contributed by atoms with Crippen LogP contribution in [0.3, 0.4) is 0 Å². The van der Waals surface area contributed by atoms with Gasteiger partial charge in [0, 0.05) is 17.4 Å². The second-order valence-electron chi connectivity index (χ2n) is 5.54. The number of benzene rings is 1. The smallest absolute Gasteiger partial charge is 0.321 e. The quantitative estimate of drug-likeness (QED) is 0.825. The van der Waals surface area contributed by atoms with E-state index >= 15 is 0 Å². The second kappa shape index (κ2) is 8.10. The number of carbonyl (C=O) groups excluding carboxylic acids is 2. The minimum Gasteiger partial charge on any atom is -0.490 e. The molecule has 3 amide bonds. The maximum absolute atomic E-state index is 12.0. The van der Waals surface area contributed by atoms with E-state index in [9.17, 15) is 9.59 Å². The molecule has 1 heterocycles. The fourth-order valence-electron chi connectivity index (χ4n) is 1.99.